The molecule has 0 aliphatic carbocycles. The van der Waals surface area contributed by atoms with Crippen LogP contribution in [0.25, 0.3) is 0 Å². The maximum Gasteiger partial charge on any atom is 0.251 e. The fourth-order valence-electron chi connectivity index (χ4n) is 1.12. The number of nitrogens with two attached hydrogens (primary N) is 1. The van der Waals surface area contributed by atoms with Crippen LogP contribution in [0.15, 0.2) is 23.1 Å². The van der Waals surface area contributed by atoms with Gasteiger partial charge < -0.3 is 5.73 Å². The minimum atomic E-state index is -4.14. The van der Waals surface area contributed by atoms with Crippen LogP contribution in [0.2, 0.25) is 0 Å². The van der Waals surface area contributed by atoms with Gasteiger partial charge in [-0.1, -0.05) is 12.2 Å². The number of sulfonamides is 1. The molecule has 0 radical (unpaired) electrons. The summed E-state index contributed by atoms with van der Waals surface area (Å²) in [6.45, 7) is -1.03. The SMILES string of the molecule is NC(=S)c1cc(S(=O)(=O)NCC(F)F)ccc1F. The maximum atomic E-state index is 13.2. The summed E-state index contributed by atoms with van der Waals surface area (Å²) < 4.78 is 61.9. The van der Waals surface area contributed by atoms with Crippen molar-refractivity contribution < 1.29 is 21.6 Å². The Morgan fingerprint density at radius 2 is 2.06 bits per heavy atom. The Hall–Kier alpha value is -1.19. The summed E-state index contributed by atoms with van der Waals surface area (Å²) in [7, 11) is -4.14. The van der Waals surface area contributed by atoms with Gasteiger partial charge >= 0.3 is 0 Å². The molecule has 3 N–H and O–H groups in total. The zero-order chi connectivity index (χ0) is 13.9. The fraction of sp³-hybridized carbons (Fsp3) is 0.222. The lowest BCUT2D eigenvalue weighted by Crippen LogP contribution is -2.29. The van der Waals surface area contributed by atoms with Crippen LogP contribution in [0.1, 0.15) is 5.56 Å². The quantitative estimate of drug-likeness (QED) is 0.796. The first-order valence-electron chi connectivity index (χ1n) is 4.61. The molecule has 4 nitrogen and oxygen atoms in total. The van der Waals surface area contributed by atoms with Gasteiger partial charge in [0.25, 0.3) is 6.43 Å². The zero-order valence-corrected chi connectivity index (χ0v) is 10.5. The largest absolute Gasteiger partial charge is 0.389 e. The number of nitrogens with one attached hydrogen (secondary N) is 1. The summed E-state index contributed by atoms with van der Waals surface area (Å²) in [6, 6.07) is 2.68. The molecule has 0 saturated carbocycles. The molecule has 1 aromatic carbocycles. The van der Waals surface area contributed by atoms with Crippen molar-refractivity contribution in [3.8, 4) is 0 Å². The molecule has 1 rings (SSSR count). The lowest BCUT2D eigenvalue weighted by Gasteiger charge is -2.08. The number of hydrogen-bond acceptors (Lipinski definition) is 3. The molecule has 0 heterocycles. The van der Waals surface area contributed by atoms with E-state index in [4.69, 9.17) is 5.73 Å². The average molecular weight is 298 g/mol. The second kappa shape index (κ2) is 5.63. The Balaban J connectivity index is 3.10. The van der Waals surface area contributed by atoms with E-state index in [2.05, 4.69) is 12.2 Å². The van der Waals surface area contributed by atoms with E-state index in [0.29, 0.717) is 0 Å². The van der Waals surface area contributed by atoms with Crippen LogP contribution in [0.4, 0.5) is 13.2 Å². The summed E-state index contributed by atoms with van der Waals surface area (Å²) in [5.41, 5.74) is 4.95. The standard InChI is InChI=1S/C9H9F3N2O2S2/c10-7-2-1-5(3-6(7)9(13)17)18(15,16)14-4-8(11)12/h1-3,8,14H,4H2,(H2,13,17). The molecule has 0 saturated heterocycles. The minimum absolute atomic E-state index is 0.259. The second-order valence-corrected chi connectivity index (χ2v) is 5.46. The highest BCUT2D eigenvalue weighted by molar-refractivity contribution is 7.89. The molecule has 0 unspecified atom stereocenters. The normalized spacial score (nSPS) is 11.8. The predicted molar refractivity (Wildman–Crippen MR) is 63.5 cm³/mol. The first kappa shape index (κ1) is 14.9. The first-order chi connectivity index (χ1) is 8.24. The molecule has 0 aliphatic rings. The maximum absolute atomic E-state index is 13.2. The van der Waals surface area contributed by atoms with Gasteiger partial charge in [0.2, 0.25) is 10.0 Å². The third-order valence-electron chi connectivity index (χ3n) is 1.94. The molecule has 18 heavy (non-hydrogen) atoms. The number of halogens is 3. The van der Waals surface area contributed by atoms with E-state index >= 15 is 0 Å². The predicted octanol–water partition coefficient (Wildman–Crippen LogP) is 1.00. The van der Waals surface area contributed by atoms with Crippen molar-refractivity contribution in [2.75, 3.05) is 6.54 Å². The van der Waals surface area contributed by atoms with Gasteiger partial charge in [-0.25, -0.2) is 26.3 Å². The third-order valence-corrected chi connectivity index (χ3v) is 3.58. The Bertz CT molecular complexity index is 561. The van der Waals surface area contributed by atoms with Gasteiger partial charge in [0, 0.05) is 5.56 Å². The first-order valence-corrected chi connectivity index (χ1v) is 6.50. The number of rotatable bonds is 5. The molecule has 0 amide bonds. The van der Waals surface area contributed by atoms with E-state index < -0.39 is 28.8 Å². The van der Waals surface area contributed by atoms with Gasteiger partial charge in [0.1, 0.15) is 10.8 Å². The van der Waals surface area contributed by atoms with Crippen molar-refractivity contribution in [2.45, 2.75) is 11.3 Å². The minimum Gasteiger partial charge on any atom is -0.389 e. The van der Waals surface area contributed by atoms with Crippen LogP contribution in [0.5, 0.6) is 0 Å². The smallest absolute Gasteiger partial charge is 0.251 e. The molecule has 0 bridgehead atoms. The third kappa shape index (κ3) is 3.65. The summed E-state index contributed by atoms with van der Waals surface area (Å²) in [6.07, 6.45) is -2.82. The number of alkyl halides is 2. The van der Waals surface area contributed by atoms with Crippen LogP contribution < -0.4 is 10.5 Å². The Morgan fingerprint density at radius 1 is 1.44 bits per heavy atom. The molecule has 0 aliphatic heterocycles. The van der Waals surface area contributed by atoms with Crippen molar-refractivity contribution in [3.63, 3.8) is 0 Å². The van der Waals surface area contributed by atoms with E-state index in [9.17, 15) is 21.6 Å². The summed E-state index contributed by atoms with van der Waals surface area (Å²) in [5, 5.41) is 0. The molecule has 0 aromatic heterocycles. The van der Waals surface area contributed by atoms with Gasteiger partial charge in [0.15, 0.2) is 0 Å². The van der Waals surface area contributed by atoms with Crippen molar-refractivity contribution in [3.05, 3.63) is 29.6 Å². The Morgan fingerprint density at radius 3 is 2.56 bits per heavy atom. The van der Waals surface area contributed by atoms with Crippen molar-refractivity contribution in [1.82, 2.24) is 4.72 Å². The van der Waals surface area contributed by atoms with Crippen molar-refractivity contribution in [2.24, 2.45) is 5.73 Å². The molecular formula is C9H9F3N2O2S2. The molecular weight excluding hydrogens is 289 g/mol. The van der Waals surface area contributed by atoms with Gasteiger partial charge in [-0.05, 0) is 18.2 Å². The van der Waals surface area contributed by atoms with E-state index in [1.165, 1.54) is 0 Å². The highest BCUT2D eigenvalue weighted by Crippen LogP contribution is 2.15. The lowest BCUT2D eigenvalue weighted by atomic mass is 10.2. The summed E-state index contributed by atoms with van der Waals surface area (Å²) in [5.74, 6) is -0.782. The van der Waals surface area contributed by atoms with E-state index in [1.807, 2.05) is 0 Å². The summed E-state index contributed by atoms with van der Waals surface area (Å²) >= 11 is 4.54. The molecule has 0 atom stereocenters. The van der Waals surface area contributed by atoms with Crippen LogP contribution in [0, 0.1) is 5.82 Å². The van der Waals surface area contributed by atoms with Crippen LogP contribution >= 0.6 is 12.2 Å². The Kier molecular flexibility index (Phi) is 4.65. The van der Waals surface area contributed by atoms with E-state index in [1.54, 1.807) is 4.72 Å². The van der Waals surface area contributed by atoms with Gasteiger partial charge in [-0.2, -0.15) is 0 Å². The second-order valence-electron chi connectivity index (χ2n) is 3.25. The van der Waals surface area contributed by atoms with Gasteiger partial charge in [0.05, 0.1) is 11.4 Å². The fourth-order valence-corrected chi connectivity index (χ4v) is 2.31. The van der Waals surface area contributed by atoms with Gasteiger partial charge in [-0.3, -0.25) is 0 Å². The van der Waals surface area contributed by atoms with Gasteiger partial charge in [-0.15, -0.1) is 0 Å². The summed E-state index contributed by atoms with van der Waals surface area (Å²) in [4.78, 5) is -0.703. The number of hydrogen-bond donors (Lipinski definition) is 2. The Labute approximate surface area is 107 Å². The highest BCUT2D eigenvalue weighted by Gasteiger charge is 2.18. The molecule has 0 spiro atoms. The highest BCUT2D eigenvalue weighted by atomic mass is 32.2. The zero-order valence-electron chi connectivity index (χ0n) is 8.86. The van der Waals surface area contributed by atoms with Crippen molar-refractivity contribution in [1.29, 1.82) is 0 Å². The topological polar surface area (TPSA) is 72.2 Å². The molecule has 100 valence electrons. The molecule has 0 fully saturated rings. The lowest BCUT2D eigenvalue weighted by molar-refractivity contribution is 0.153. The molecule has 9 heteroatoms. The number of benzene rings is 1. The van der Waals surface area contributed by atoms with E-state index in [0.717, 1.165) is 18.2 Å². The van der Waals surface area contributed by atoms with Crippen molar-refractivity contribution >= 4 is 27.2 Å². The molecule has 1 aromatic rings. The average Bonchev–Trinajstić information content (AvgIpc) is 2.26. The van der Waals surface area contributed by atoms with E-state index in [-0.39, 0.29) is 15.4 Å². The van der Waals surface area contributed by atoms with Crippen LogP contribution in [0.3, 0.4) is 0 Å². The van der Waals surface area contributed by atoms with Crippen LogP contribution in [-0.4, -0.2) is 26.4 Å². The monoisotopic (exact) mass is 298 g/mol. The van der Waals surface area contributed by atoms with Crippen LogP contribution in [-0.2, 0) is 10.0 Å². The number of thiocarbonyl (C=S) groups is 1.